The van der Waals surface area contributed by atoms with Gasteiger partial charge < -0.3 is 15.4 Å². The lowest BCUT2D eigenvalue weighted by Gasteiger charge is -2.06. The molecule has 0 fully saturated rings. The minimum Gasteiger partial charge on any atom is -0.508 e. The average Bonchev–Trinajstić information content (AvgIpc) is 3.11. The molecule has 3 aromatic rings. The summed E-state index contributed by atoms with van der Waals surface area (Å²) in [6.45, 7) is 0. The fourth-order valence-corrected chi connectivity index (χ4v) is 2.33. The molecule has 0 aliphatic rings. The topological polar surface area (TPSA) is 98.1 Å². The van der Waals surface area contributed by atoms with E-state index in [0.717, 1.165) is 10.4 Å². The third kappa shape index (κ3) is 2.68. The second kappa shape index (κ2) is 5.40. The summed E-state index contributed by atoms with van der Waals surface area (Å²) in [6, 6.07) is 6.50. The van der Waals surface area contributed by atoms with Crippen molar-refractivity contribution in [1.29, 1.82) is 0 Å². The molecule has 7 heteroatoms. The van der Waals surface area contributed by atoms with Crippen LogP contribution in [0.5, 0.6) is 5.75 Å². The largest absolute Gasteiger partial charge is 0.508 e. The first kappa shape index (κ1) is 12.8. The summed E-state index contributed by atoms with van der Waals surface area (Å²) < 4.78 is 5.19. The fourth-order valence-electron chi connectivity index (χ4n) is 1.79. The van der Waals surface area contributed by atoms with Crippen LogP contribution in [0, 0.1) is 0 Å². The van der Waals surface area contributed by atoms with Gasteiger partial charge in [0.1, 0.15) is 5.75 Å². The number of hydrogen-bond donors (Lipinski definition) is 2. The smallest absolute Gasteiger partial charge is 0.244 e. The number of aromatic hydroxyl groups is 1. The first-order chi connectivity index (χ1) is 9.72. The predicted octanol–water partition coefficient (Wildman–Crippen LogP) is 2.14. The van der Waals surface area contributed by atoms with E-state index in [4.69, 9.17) is 10.3 Å². The van der Waals surface area contributed by atoms with Gasteiger partial charge in [0.15, 0.2) is 0 Å². The Kier molecular flexibility index (Phi) is 3.44. The molecule has 20 heavy (non-hydrogen) atoms. The number of phenolic OH excluding ortho intramolecular Hbond substituents is 1. The molecule has 1 unspecified atom stereocenters. The molecule has 0 saturated carbocycles. The van der Waals surface area contributed by atoms with E-state index in [9.17, 15) is 5.11 Å². The van der Waals surface area contributed by atoms with Crippen LogP contribution in [0.15, 0.2) is 40.5 Å². The van der Waals surface area contributed by atoms with Gasteiger partial charge in [-0.2, -0.15) is 4.98 Å². The highest BCUT2D eigenvalue weighted by molar-refractivity contribution is 7.13. The van der Waals surface area contributed by atoms with Gasteiger partial charge >= 0.3 is 0 Å². The summed E-state index contributed by atoms with van der Waals surface area (Å²) in [5, 5.41) is 13.1. The summed E-state index contributed by atoms with van der Waals surface area (Å²) in [5.74, 6) is 1.12. The van der Waals surface area contributed by atoms with Crippen LogP contribution in [0.1, 0.15) is 17.5 Å². The van der Waals surface area contributed by atoms with Crippen molar-refractivity contribution in [3.63, 3.8) is 0 Å². The van der Waals surface area contributed by atoms with E-state index in [2.05, 4.69) is 15.1 Å². The van der Waals surface area contributed by atoms with Crippen LogP contribution >= 0.6 is 11.3 Å². The van der Waals surface area contributed by atoms with Crippen LogP contribution < -0.4 is 5.73 Å². The molecule has 0 bridgehead atoms. The standard InChI is InChI=1S/C13H12N4O2S/c14-10(5-8-1-3-9(18)4-2-8)13-16-12(17-19-13)11-6-15-7-20-11/h1-4,6-7,10,18H,5,14H2. The van der Waals surface area contributed by atoms with Crippen LogP contribution in [-0.4, -0.2) is 20.2 Å². The molecule has 2 aromatic heterocycles. The van der Waals surface area contributed by atoms with Crippen LogP contribution in [0.4, 0.5) is 0 Å². The molecular formula is C13H12N4O2S. The number of nitrogens with zero attached hydrogens (tertiary/aromatic N) is 3. The van der Waals surface area contributed by atoms with E-state index in [1.807, 2.05) is 12.1 Å². The van der Waals surface area contributed by atoms with Crippen molar-refractivity contribution >= 4 is 11.3 Å². The number of hydrogen-bond acceptors (Lipinski definition) is 7. The van der Waals surface area contributed by atoms with Gasteiger partial charge in [-0.25, -0.2) is 0 Å². The van der Waals surface area contributed by atoms with Gasteiger partial charge in [-0.1, -0.05) is 17.3 Å². The molecule has 2 heterocycles. The van der Waals surface area contributed by atoms with Gasteiger partial charge in [0, 0.05) is 6.20 Å². The highest BCUT2D eigenvalue weighted by atomic mass is 32.1. The van der Waals surface area contributed by atoms with Crippen LogP contribution in [-0.2, 0) is 6.42 Å². The van der Waals surface area contributed by atoms with Crippen LogP contribution in [0.25, 0.3) is 10.7 Å². The van der Waals surface area contributed by atoms with Crippen molar-refractivity contribution in [3.05, 3.63) is 47.4 Å². The number of rotatable bonds is 4. The van der Waals surface area contributed by atoms with Gasteiger partial charge in [-0.05, 0) is 24.1 Å². The monoisotopic (exact) mass is 288 g/mol. The van der Waals surface area contributed by atoms with Gasteiger partial charge in [-0.15, -0.1) is 11.3 Å². The summed E-state index contributed by atoms with van der Waals surface area (Å²) in [4.78, 5) is 9.10. The number of nitrogens with two attached hydrogens (primary N) is 1. The van der Waals surface area contributed by atoms with Crippen molar-refractivity contribution < 1.29 is 9.63 Å². The molecule has 102 valence electrons. The van der Waals surface area contributed by atoms with E-state index < -0.39 is 0 Å². The van der Waals surface area contributed by atoms with Crippen molar-refractivity contribution in [1.82, 2.24) is 15.1 Å². The summed E-state index contributed by atoms with van der Waals surface area (Å²) in [6.07, 6.45) is 2.25. The molecule has 0 aliphatic heterocycles. The highest BCUT2D eigenvalue weighted by Gasteiger charge is 2.16. The Morgan fingerprint density at radius 3 is 2.80 bits per heavy atom. The zero-order valence-corrected chi connectivity index (χ0v) is 11.2. The Bertz CT molecular complexity index is 679. The summed E-state index contributed by atoms with van der Waals surface area (Å²) >= 11 is 1.44. The van der Waals surface area contributed by atoms with Gasteiger partial charge in [0.25, 0.3) is 0 Å². The number of thiazole rings is 1. The molecule has 0 aliphatic carbocycles. The molecule has 0 radical (unpaired) electrons. The second-order valence-corrected chi connectivity index (χ2v) is 5.19. The van der Waals surface area contributed by atoms with Gasteiger partial charge in [0.05, 0.1) is 16.4 Å². The molecule has 6 nitrogen and oxygen atoms in total. The third-order valence-corrected chi connectivity index (χ3v) is 3.57. The van der Waals surface area contributed by atoms with Crippen LogP contribution in [0.3, 0.4) is 0 Å². The summed E-state index contributed by atoms with van der Waals surface area (Å²) in [7, 11) is 0. The fraction of sp³-hybridized carbons (Fsp3) is 0.154. The molecule has 1 aromatic carbocycles. The lowest BCUT2D eigenvalue weighted by atomic mass is 10.1. The number of benzene rings is 1. The quantitative estimate of drug-likeness (QED) is 0.763. The minimum atomic E-state index is -0.381. The van der Waals surface area contributed by atoms with E-state index in [-0.39, 0.29) is 11.8 Å². The highest BCUT2D eigenvalue weighted by Crippen LogP contribution is 2.22. The molecular weight excluding hydrogens is 276 g/mol. The second-order valence-electron chi connectivity index (χ2n) is 4.30. The van der Waals surface area contributed by atoms with Crippen molar-refractivity contribution in [3.8, 4) is 16.5 Å². The van der Waals surface area contributed by atoms with E-state index >= 15 is 0 Å². The first-order valence-corrected chi connectivity index (χ1v) is 6.86. The number of phenols is 1. The Morgan fingerprint density at radius 2 is 2.10 bits per heavy atom. The minimum absolute atomic E-state index is 0.229. The lowest BCUT2D eigenvalue weighted by Crippen LogP contribution is -2.13. The maximum absolute atomic E-state index is 9.24. The molecule has 0 amide bonds. The normalized spacial score (nSPS) is 12.4. The SMILES string of the molecule is NC(Cc1ccc(O)cc1)c1nc(-c2cncs2)no1. The zero-order chi connectivity index (χ0) is 13.9. The molecule has 3 N–H and O–H groups in total. The summed E-state index contributed by atoms with van der Waals surface area (Å²) in [5.41, 5.74) is 8.76. The predicted molar refractivity (Wildman–Crippen MR) is 74.1 cm³/mol. The van der Waals surface area contributed by atoms with Crippen molar-refractivity contribution in [2.45, 2.75) is 12.5 Å². The van der Waals surface area contributed by atoms with Crippen molar-refractivity contribution in [2.24, 2.45) is 5.73 Å². The number of aromatic nitrogens is 3. The van der Waals surface area contributed by atoms with E-state index in [0.29, 0.717) is 18.1 Å². The van der Waals surface area contributed by atoms with Gasteiger partial charge in [0.2, 0.25) is 11.7 Å². The molecule has 0 saturated heterocycles. The molecule has 3 rings (SSSR count). The van der Waals surface area contributed by atoms with Gasteiger partial charge in [-0.3, -0.25) is 4.98 Å². The Labute approximate surface area is 118 Å². The Balaban J connectivity index is 1.74. The van der Waals surface area contributed by atoms with E-state index in [1.54, 1.807) is 23.8 Å². The Morgan fingerprint density at radius 1 is 1.30 bits per heavy atom. The zero-order valence-electron chi connectivity index (χ0n) is 10.4. The Hall–Kier alpha value is -2.25. The maximum Gasteiger partial charge on any atom is 0.244 e. The van der Waals surface area contributed by atoms with Crippen molar-refractivity contribution in [2.75, 3.05) is 0 Å². The first-order valence-electron chi connectivity index (χ1n) is 5.98. The molecule has 1 atom stereocenters. The maximum atomic E-state index is 9.24. The third-order valence-electron chi connectivity index (χ3n) is 2.80. The van der Waals surface area contributed by atoms with Crippen LogP contribution in [0.2, 0.25) is 0 Å². The van der Waals surface area contributed by atoms with E-state index in [1.165, 1.54) is 11.3 Å². The average molecular weight is 288 g/mol. The molecule has 0 spiro atoms. The lowest BCUT2D eigenvalue weighted by molar-refractivity contribution is 0.354.